The Labute approximate surface area is 145 Å². The normalized spacial score (nSPS) is 10.4. The number of aromatic nitrogens is 1. The smallest absolute Gasteiger partial charge is 0.284 e. The molecule has 1 aromatic carbocycles. The summed E-state index contributed by atoms with van der Waals surface area (Å²) in [5.41, 5.74) is 4.52. The first-order valence-corrected chi connectivity index (χ1v) is 7.79. The van der Waals surface area contributed by atoms with Crippen LogP contribution in [0.3, 0.4) is 0 Å². The van der Waals surface area contributed by atoms with E-state index >= 15 is 0 Å². The maximum Gasteiger partial charge on any atom is 0.284 e. The third-order valence-corrected chi connectivity index (χ3v) is 3.87. The monoisotopic (exact) mass is 343 g/mol. The lowest BCUT2D eigenvalue weighted by Crippen LogP contribution is -2.39. The summed E-state index contributed by atoms with van der Waals surface area (Å²) in [6.07, 6.45) is 0. The fourth-order valence-corrected chi connectivity index (χ4v) is 2.61. The van der Waals surface area contributed by atoms with Gasteiger partial charge < -0.3 is 10.4 Å². The summed E-state index contributed by atoms with van der Waals surface area (Å²) in [5, 5.41) is 12.8. The number of carbonyl (C=O) groups is 2. The number of nitrogens with zero attached hydrogens (tertiary/aromatic N) is 1. The van der Waals surface area contributed by atoms with E-state index in [1.165, 1.54) is 13.0 Å². The molecule has 2 aromatic rings. The average molecular weight is 343 g/mol. The van der Waals surface area contributed by atoms with Crippen LogP contribution in [0.2, 0.25) is 0 Å². The van der Waals surface area contributed by atoms with Gasteiger partial charge in [-0.2, -0.15) is 0 Å². The number of carbonyl (C=O) groups excluding carboxylic acids is 2. The minimum absolute atomic E-state index is 0.0478. The summed E-state index contributed by atoms with van der Waals surface area (Å²) in [6, 6.07) is 7.05. The van der Waals surface area contributed by atoms with Gasteiger partial charge in [0.2, 0.25) is 0 Å². The van der Waals surface area contributed by atoms with Crippen molar-refractivity contribution in [3.8, 4) is 5.75 Å². The van der Waals surface area contributed by atoms with Gasteiger partial charge in [-0.25, -0.2) is 4.68 Å². The number of hydrogen-bond donors (Lipinski definition) is 3. The zero-order valence-corrected chi connectivity index (χ0v) is 14.6. The number of anilines is 1. The van der Waals surface area contributed by atoms with Gasteiger partial charge in [0, 0.05) is 17.4 Å². The molecule has 0 aliphatic rings. The van der Waals surface area contributed by atoms with Crippen molar-refractivity contribution in [2.45, 2.75) is 27.7 Å². The largest absolute Gasteiger partial charge is 0.507 e. The number of nitrogens with one attached hydrogen (secondary N) is 2. The van der Waals surface area contributed by atoms with E-state index < -0.39 is 23.0 Å². The quantitative estimate of drug-likeness (QED) is 0.720. The highest BCUT2D eigenvalue weighted by molar-refractivity contribution is 5.96. The Morgan fingerprint density at radius 2 is 1.76 bits per heavy atom. The van der Waals surface area contributed by atoms with Gasteiger partial charge in [0.15, 0.2) is 5.78 Å². The van der Waals surface area contributed by atoms with Crippen LogP contribution in [0.15, 0.2) is 29.1 Å². The molecular formula is C18H21N3O4. The number of para-hydroxylation sites is 1. The molecule has 1 aromatic heterocycles. The van der Waals surface area contributed by atoms with Gasteiger partial charge >= 0.3 is 0 Å². The fourth-order valence-electron chi connectivity index (χ4n) is 2.61. The van der Waals surface area contributed by atoms with E-state index in [9.17, 15) is 19.5 Å². The molecule has 3 N–H and O–H groups in total. The molecule has 0 unspecified atom stereocenters. The van der Waals surface area contributed by atoms with E-state index in [0.29, 0.717) is 5.69 Å². The van der Waals surface area contributed by atoms with Gasteiger partial charge in [0.25, 0.3) is 11.5 Å². The van der Waals surface area contributed by atoms with Crippen LogP contribution >= 0.6 is 0 Å². The number of pyridine rings is 1. The second-order valence-electron chi connectivity index (χ2n) is 5.90. The molecule has 0 spiro atoms. The Bertz CT molecular complexity index is 880. The summed E-state index contributed by atoms with van der Waals surface area (Å²) >= 11 is 0. The summed E-state index contributed by atoms with van der Waals surface area (Å²) in [5.74, 6) is -1.42. The molecule has 2 rings (SSSR count). The van der Waals surface area contributed by atoms with Crippen molar-refractivity contribution in [3.05, 3.63) is 57.0 Å². The van der Waals surface area contributed by atoms with Crippen LogP contribution in [-0.4, -0.2) is 28.0 Å². The van der Waals surface area contributed by atoms with Gasteiger partial charge in [-0.1, -0.05) is 18.2 Å². The molecule has 0 atom stereocenters. The van der Waals surface area contributed by atoms with Gasteiger partial charge in [-0.05, 0) is 38.8 Å². The molecule has 0 aliphatic carbocycles. The molecule has 132 valence electrons. The standard InChI is InChI=1S/C18H21N3O4/c1-10-6-5-7-11(2)17(10)19-9-15(24)20-21-12(3)8-14(23)16(13(4)22)18(21)25/h5-8,19,23H,9H2,1-4H3,(H,20,24). The van der Waals surface area contributed by atoms with Gasteiger partial charge in [-0.3, -0.25) is 19.8 Å². The fraction of sp³-hybridized carbons (Fsp3) is 0.278. The number of ketones is 1. The first kappa shape index (κ1) is 18.3. The van der Waals surface area contributed by atoms with E-state index in [-0.39, 0.29) is 12.1 Å². The third-order valence-electron chi connectivity index (χ3n) is 3.87. The Kier molecular flexibility index (Phi) is 5.26. The minimum atomic E-state index is -0.759. The lowest BCUT2D eigenvalue weighted by molar-refractivity contribution is -0.115. The van der Waals surface area contributed by atoms with Crippen molar-refractivity contribution in [2.75, 3.05) is 17.3 Å². The summed E-state index contributed by atoms with van der Waals surface area (Å²) in [4.78, 5) is 36.0. The van der Waals surface area contributed by atoms with Crippen molar-refractivity contribution in [1.82, 2.24) is 4.68 Å². The maximum atomic E-state index is 12.3. The van der Waals surface area contributed by atoms with Crippen LogP contribution in [0, 0.1) is 20.8 Å². The van der Waals surface area contributed by atoms with Crippen LogP contribution in [0.1, 0.15) is 34.1 Å². The third kappa shape index (κ3) is 3.88. The molecule has 0 bridgehead atoms. The molecule has 0 aliphatic heterocycles. The number of rotatable bonds is 5. The number of aromatic hydroxyl groups is 1. The lowest BCUT2D eigenvalue weighted by atomic mass is 10.1. The first-order chi connectivity index (χ1) is 11.7. The Hall–Kier alpha value is -3.09. The molecule has 0 saturated carbocycles. The Morgan fingerprint density at radius 3 is 2.32 bits per heavy atom. The molecule has 0 radical (unpaired) electrons. The number of benzene rings is 1. The van der Waals surface area contributed by atoms with Gasteiger partial charge in [-0.15, -0.1) is 0 Å². The zero-order chi connectivity index (χ0) is 18.7. The zero-order valence-electron chi connectivity index (χ0n) is 14.6. The van der Waals surface area contributed by atoms with Crippen LogP contribution in [0.5, 0.6) is 5.75 Å². The van der Waals surface area contributed by atoms with Crippen LogP contribution < -0.4 is 16.3 Å². The van der Waals surface area contributed by atoms with Gasteiger partial charge in [0.05, 0.1) is 6.54 Å². The topological polar surface area (TPSA) is 100 Å². The van der Waals surface area contributed by atoms with Crippen molar-refractivity contribution >= 4 is 17.4 Å². The van der Waals surface area contributed by atoms with Crippen molar-refractivity contribution < 1.29 is 14.7 Å². The van der Waals surface area contributed by atoms with Crippen molar-refractivity contribution in [1.29, 1.82) is 0 Å². The maximum absolute atomic E-state index is 12.3. The second kappa shape index (κ2) is 7.21. The van der Waals surface area contributed by atoms with E-state index in [2.05, 4.69) is 10.7 Å². The molecule has 1 amide bonds. The molecule has 0 saturated heterocycles. The molecule has 0 fully saturated rings. The number of hydrogen-bond acceptors (Lipinski definition) is 5. The molecule has 7 heteroatoms. The van der Waals surface area contributed by atoms with E-state index in [1.807, 2.05) is 32.0 Å². The highest BCUT2D eigenvalue weighted by atomic mass is 16.3. The number of aryl methyl sites for hydroxylation is 3. The average Bonchev–Trinajstić information content (AvgIpc) is 2.50. The van der Waals surface area contributed by atoms with Crippen LogP contribution in [-0.2, 0) is 4.79 Å². The Morgan fingerprint density at radius 1 is 1.16 bits per heavy atom. The lowest BCUT2D eigenvalue weighted by Gasteiger charge is -2.15. The van der Waals surface area contributed by atoms with Gasteiger partial charge in [0.1, 0.15) is 11.3 Å². The number of Topliss-reactive ketones (excluding diaryl/α,β-unsaturated/α-hetero) is 1. The van der Waals surface area contributed by atoms with Crippen molar-refractivity contribution in [3.63, 3.8) is 0 Å². The number of amides is 1. The molecular weight excluding hydrogens is 322 g/mol. The summed E-state index contributed by atoms with van der Waals surface area (Å²) in [7, 11) is 0. The Balaban J connectivity index is 2.20. The summed E-state index contributed by atoms with van der Waals surface area (Å²) in [6.45, 7) is 6.54. The minimum Gasteiger partial charge on any atom is -0.507 e. The SMILES string of the molecule is CC(=O)c1c(O)cc(C)n(NC(=O)CNc2c(C)cccc2C)c1=O. The predicted molar refractivity (Wildman–Crippen MR) is 95.9 cm³/mol. The van der Waals surface area contributed by atoms with E-state index in [4.69, 9.17) is 0 Å². The van der Waals surface area contributed by atoms with Crippen LogP contribution in [0.25, 0.3) is 0 Å². The van der Waals surface area contributed by atoms with Crippen molar-refractivity contribution in [2.24, 2.45) is 0 Å². The highest BCUT2D eigenvalue weighted by Crippen LogP contribution is 2.19. The molecule has 25 heavy (non-hydrogen) atoms. The van der Waals surface area contributed by atoms with E-state index in [0.717, 1.165) is 21.5 Å². The van der Waals surface area contributed by atoms with E-state index in [1.54, 1.807) is 6.92 Å². The second-order valence-corrected chi connectivity index (χ2v) is 5.90. The molecule has 1 heterocycles. The molecule has 7 nitrogen and oxygen atoms in total. The highest BCUT2D eigenvalue weighted by Gasteiger charge is 2.17. The predicted octanol–water partition coefficient (Wildman–Crippen LogP) is 1.86. The van der Waals surface area contributed by atoms with Crippen LogP contribution in [0.4, 0.5) is 5.69 Å². The first-order valence-electron chi connectivity index (χ1n) is 7.79. The summed E-state index contributed by atoms with van der Waals surface area (Å²) < 4.78 is 0.963.